The van der Waals surface area contributed by atoms with E-state index in [1.165, 1.54) is 0 Å². The van der Waals surface area contributed by atoms with E-state index >= 15 is 0 Å². The van der Waals surface area contributed by atoms with Crippen molar-refractivity contribution in [3.63, 3.8) is 0 Å². The van der Waals surface area contributed by atoms with Gasteiger partial charge in [-0.05, 0) is 26.1 Å². The van der Waals surface area contributed by atoms with Crippen LogP contribution in [0.25, 0.3) is 0 Å². The molecule has 0 N–H and O–H groups in total. The Morgan fingerprint density at radius 2 is 2.00 bits per heavy atom. The first-order chi connectivity index (χ1) is 3.13. The molecular formula is C4H8NiOS2. The molecule has 4 heteroatoms. The number of hydrogen-bond acceptors (Lipinski definition) is 2. The molecule has 0 radical (unpaired) electrons. The molecule has 0 atom stereocenters. The normalized spacial score (nSPS) is 8.00. The molecule has 0 unspecified atom stereocenters. The van der Waals surface area contributed by atoms with Gasteiger partial charge < -0.3 is 4.74 Å². The summed E-state index contributed by atoms with van der Waals surface area (Å²) in [5, 5.41) is 0. The van der Waals surface area contributed by atoms with Gasteiger partial charge in [-0.25, -0.2) is 0 Å². The first-order valence-electron chi connectivity index (χ1n) is 2.02. The first kappa shape index (κ1) is 11.5. The van der Waals surface area contributed by atoms with Gasteiger partial charge in [0.2, 0.25) is 4.38 Å². The van der Waals surface area contributed by atoms with Crippen molar-refractivity contribution in [1.29, 1.82) is 0 Å². The summed E-state index contributed by atoms with van der Waals surface area (Å²) in [6.07, 6.45) is 0.157. The van der Waals surface area contributed by atoms with E-state index in [9.17, 15) is 0 Å². The molecular weight excluding hydrogens is 187 g/mol. The van der Waals surface area contributed by atoms with Crippen LogP contribution in [0.15, 0.2) is 0 Å². The summed E-state index contributed by atoms with van der Waals surface area (Å²) >= 11 is 8.26. The van der Waals surface area contributed by atoms with Crippen LogP contribution in [-0.4, -0.2) is 10.5 Å². The molecule has 0 bridgehead atoms. The van der Waals surface area contributed by atoms with Crippen molar-refractivity contribution in [3.8, 4) is 0 Å². The van der Waals surface area contributed by atoms with Gasteiger partial charge >= 0.3 is 0 Å². The van der Waals surface area contributed by atoms with E-state index in [1.54, 1.807) is 0 Å². The Morgan fingerprint density at radius 1 is 1.62 bits per heavy atom. The monoisotopic (exact) mass is 194 g/mol. The van der Waals surface area contributed by atoms with Gasteiger partial charge in [0.1, 0.15) is 0 Å². The van der Waals surface area contributed by atoms with Crippen LogP contribution < -0.4 is 0 Å². The summed E-state index contributed by atoms with van der Waals surface area (Å²) in [5.74, 6) is 0. The zero-order valence-corrected chi connectivity index (χ0v) is 7.36. The minimum Gasteiger partial charge on any atom is -0.476 e. The van der Waals surface area contributed by atoms with Gasteiger partial charge in [-0.15, -0.1) is 0 Å². The third-order valence-corrected chi connectivity index (χ3v) is 0.538. The van der Waals surface area contributed by atoms with E-state index in [0.29, 0.717) is 4.38 Å². The Labute approximate surface area is 70.5 Å². The predicted octanol–water partition coefficient (Wildman–Crippen LogP) is 1.62. The van der Waals surface area contributed by atoms with Crippen LogP contribution in [0.4, 0.5) is 0 Å². The molecule has 0 aliphatic heterocycles. The van der Waals surface area contributed by atoms with Crippen LogP contribution in [0.5, 0.6) is 0 Å². The minimum absolute atomic E-state index is 0. The molecule has 0 rings (SSSR count). The molecule has 0 aromatic carbocycles. The second-order valence-electron chi connectivity index (χ2n) is 1.43. The van der Waals surface area contributed by atoms with Crippen molar-refractivity contribution >= 4 is 29.2 Å². The van der Waals surface area contributed by atoms with E-state index in [-0.39, 0.29) is 22.6 Å². The summed E-state index contributed by atoms with van der Waals surface area (Å²) in [6, 6.07) is 0. The van der Waals surface area contributed by atoms with E-state index in [4.69, 9.17) is 4.74 Å². The largest absolute Gasteiger partial charge is 0.476 e. The quantitative estimate of drug-likeness (QED) is 0.386. The number of thiocarbonyl (C=S) groups is 1. The van der Waals surface area contributed by atoms with Gasteiger partial charge in [-0.2, -0.15) is 0 Å². The topological polar surface area (TPSA) is 9.23 Å². The fourth-order valence-electron chi connectivity index (χ4n) is 0.202. The van der Waals surface area contributed by atoms with E-state index in [2.05, 4.69) is 24.8 Å². The van der Waals surface area contributed by atoms with Crippen molar-refractivity contribution in [3.05, 3.63) is 0 Å². The second kappa shape index (κ2) is 5.86. The van der Waals surface area contributed by atoms with Crippen LogP contribution in [0, 0.1) is 0 Å². The van der Waals surface area contributed by atoms with Gasteiger partial charge in [-0.3, -0.25) is 0 Å². The van der Waals surface area contributed by atoms with Gasteiger partial charge in [0.25, 0.3) is 0 Å². The summed E-state index contributed by atoms with van der Waals surface area (Å²) in [6.45, 7) is 3.81. The number of thiol groups is 1. The molecule has 0 heterocycles. The predicted molar refractivity (Wildman–Crippen MR) is 37.8 cm³/mol. The fraction of sp³-hybridized carbons (Fsp3) is 0.750. The van der Waals surface area contributed by atoms with Crippen LogP contribution in [0.1, 0.15) is 13.8 Å². The van der Waals surface area contributed by atoms with Crippen molar-refractivity contribution < 1.29 is 21.2 Å². The summed E-state index contributed by atoms with van der Waals surface area (Å²) in [5.41, 5.74) is 0. The van der Waals surface area contributed by atoms with Gasteiger partial charge in [-0.1, -0.05) is 12.6 Å². The van der Waals surface area contributed by atoms with E-state index < -0.39 is 0 Å². The number of hydrogen-bond donors (Lipinski definition) is 1. The molecule has 52 valence electrons. The zero-order valence-electron chi connectivity index (χ0n) is 4.66. The van der Waals surface area contributed by atoms with Gasteiger partial charge in [0.05, 0.1) is 6.10 Å². The average molecular weight is 195 g/mol. The van der Waals surface area contributed by atoms with Crippen LogP contribution in [0.2, 0.25) is 0 Å². The Kier molecular flexibility index (Phi) is 8.44. The number of ether oxygens (including phenoxy) is 1. The third kappa shape index (κ3) is 9.88. The Balaban J connectivity index is 0. The SMILES string of the molecule is CC(C)OC(=S)S.[Ni]. The van der Waals surface area contributed by atoms with E-state index in [1.807, 2.05) is 13.8 Å². The zero-order chi connectivity index (χ0) is 5.86. The summed E-state index contributed by atoms with van der Waals surface area (Å²) in [7, 11) is 0. The Bertz CT molecular complexity index is 74.4. The average Bonchev–Trinajstić information content (AvgIpc) is 1.27. The van der Waals surface area contributed by atoms with Crippen molar-refractivity contribution in [2.24, 2.45) is 0 Å². The summed E-state index contributed by atoms with van der Waals surface area (Å²) in [4.78, 5) is 0. The molecule has 1 nitrogen and oxygen atoms in total. The van der Waals surface area contributed by atoms with Crippen molar-refractivity contribution in [2.75, 3.05) is 0 Å². The van der Waals surface area contributed by atoms with Crippen LogP contribution in [0.3, 0.4) is 0 Å². The smallest absolute Gasteiger partial charge is 0.217 e. The fourth-order valence-corrected chi connectivity index (χ4v) is 0.605. The van der Waals surface area contributed by atoms with Gasteiger partial charge in [0.15, 0.2) is 0 Å². The standard InChI is InChI=1S/C4H8OS2.Ni/c1-3(2)5-4(6)7;/h3H,1-2H3,(H,6,7);. The van der Waals surface area contributed by atoms with Crippen LogP contribution >= 0.6 is 24.8 Å². The molecule has 0 saturated heterocycles. The molecule has 0 saturated carbocycles. The molecule has 0 aliphatic rings. The summed E-state index contributed by atoms with van der Waals surface area (Å²) < 4.78 is 5.16. The van der Waals surface area contributed by atoms with Gasteiger partial charge in [0, 0.05) is 16.5 Å². The maximum Gasteiger partial charge on any atom is 0.217 e. The molecule has 0 aromatic heterocycles. The molecule has 0 aromatic rings. The minimum atomic E-state index is 0. The maximum absolute atomic E-state index is 4.85. The molecule has 8 heavy (non-hydrogen) atoms. The molecule has 0 aliphatic carbocycles. The molecule has 0 fully saturated rings. The maximum atomic E-state index is 4.85. The molecule has 0 amide bonds. The van der Waals surface area contributed by atoms with Crippen molar-refractivity contribution in [1.82, 2.24) is 0 Å². The second-order valence-corrected chi connectivity index (χ2v) is 2.51. The number of rotatable bonds is 1. The van der Waals surface area contributed by atoms with Crippen LogP contribution in [-0.2, 0) is 21.2 Å². The Morgan fingerprint density at radius 3 is 2.00 bits per heavy atom. The first-order valence-corrected chi connectivity index (χ1v) is 2.88. The molecule has 0 spiro atoms. The Hall–Kier alpha value is 0.734. The third-order valence-electron chi connectivity index (χ3n) is 0.337. The van der Waals surface area contributed by atoms with E-state index in [0.717, 1.165) is 0 Å². The van der Waals surface area contributed by atoms with Crippen molar-refractivity contribution in [2.45, 2.75) is 20.0 Å².